The lowest BCUT2D eigenvalue weighted by atomic mass is 10.1. The molecule has 1 N–H and O–H groups in total. The van der Waals surface area contributed by atoms with Crippen LogP contribution in [0.4, 0.5) is 5.69 Å². The molecule has 3 aromatic rings. The molecule has 0 bridgehead atoms. The number of amides is 2. The quantitative estimate of drug-likeness (QED) is 0.354. The zero-order valence-corrected chi connectivity index (χ0v) is 23.6. The standard InChI is InChI=1S/C27H29Cl2N3O5S/c1-4-37-22-13-11-21(12-14-22)32(38(35,36)23-8-6-5-7-9-23)18-26(33)31(19(2)27(34)30-3)17-20-10-15-24(28)25(29)16-20/h5-16,19H,4,17-18H2,1-3H3,(H,30,34). The summed E-state index contributed by atoms with van der Waals surface area (Å²) in [4.78, 5) is 27.6. The maximum Gasteiger partial charge on any atom is 0.264 e. The minimum absolute atomic E-state index is 0.00676. The van der Waals surface area contributed by atoms with E-state index < -0.39 is 34.4 Å². The Bertz CT molecular complexity index is 1370. The summed E-state index contributed by atoms with van der Waals surface area (Å²) < 4.78 is 33.9. The van der Waals surface area contributed by atoms with Gasteiger partial charge in [0, 0.05) is 13.6 Å². The molecule has 0 aliphatic heterocycles. The summed E-state index contributed by atoms with van der Waals surface area (Å²) in [5, 5.41) is 3.19. The van der Waals surface area contributed by atoms with Gasteiger partial charge in [-0.25, -0.2) is 8.42 Å². The zero-order valence-electron chi connectivity index (χ0n) is 21.2. The van der Waals surface area contributed by atoms with Crippen LogP contribution < -0.4 is 14.4 Å². The smallest absolute Gasteiger partial charge is 0.264 e. The van der Waals surface area contributed by atoms with Gasteiger partial charge in [-0.05, 0) is 67.9 Å². The van der Waals surface area contributed by atoms with Crippen molar-refractivity contribution < 1.29 is 22.7 Å². The first-order valence-electron chi connectivity index (χ1n) is 11.8. The molecule has 3 rings (SSSR count). The number of sulfonamides is 1. The van der Waals surface area contributed by atoms with Crippen LogP contribution >= 0.6 is 23.2 Å². The van der Waals surface area contributed by atoms with Crippen LogP contribution in [0.15, 0.2) is 77.7 Å². The number of benzene rings is 3. The molecule has 1 atom stereocenters. The Labute approximate surface area is 233 Å². The third kappa shape index (κ3) is 6.98. The maximum absolute atomic E-state index is 13.7. The first kappa shape index (κ1) is 29.3. The van der Waals surface area contributed by atoms with Gasteiger partial charge in [-0.2, -0.15) is 0 Å². The molecule has 0 heterocycles. The number of ether oxygens (including phenoxy) is 1. The van der Waals surface area contributed by atoms with Crippen LogP contribution in [0, 0.1) is 0 Å². The van der Waals surface area contributed by atoms with Crippen molar-refractivity contribution in [1.82, 2.24) is 10.2 Å². The number of carbonyl (C=O) groups is 2. The Hall–Kier alpha value is -3.27. The summed E-state index contributed by atoms with van der Waals surface area (Å²) in [6, 6.07) is 18.2. The van der Waals surface area contributed by atoms with Crippen molar-refractivity contribution in [2.45, 2.75) is 31.3 Å². The summed E-state index contributed by atoms with van der Waals surface area (Å²) in [6.07, 6.45) is 0. The number of likely N-dealkylation sites (N-methyl/N-ethyl adjacent to an activating group) is 1. The Morgan fingerprint density at radius 3 is 2.21 bits per heavy atom. The fraction of sp³-hybridized carbons (Fsp3) is 0.259. The Balaban J connectivity index is 2.02. The second-order valence-electron chi connectivity index (χ2n) is 8.31. The highest BCUT2D eigenvalue weighted by Crippen LogP contribution is 2.27. The first-order chi connectivity index (χ1) is 18.1. The molecule has 0 radical (unpaired) electrons. The van der Waals surface area contributed by atoms with Gasteiger partial charge in [-0.3, -0.25) is 13.9 Å². The number of hydrogen-bond acceptors (Lipinski definition) is 5. The lowest BCUT2D eigenvalue weighted by Gasteiger charge is -2.31. The predicted octanol–water partition coefficient (Wildman–Crippen LogP) is 4.75. The molecule has 202 valence electrons. The van der Waals surface area contributed by atoms with Gasteiger partial charge in [0.15, 0.2) is 0 Å². The van der Waals surface area contributed by atoms with Crippen molar-refractivity contribution >= 4 is 50.7 Å². The van der Waals surface area contributed by atoms with Crippen molar-refractivity contribution in [3.63, 3.8) is 0 Å². The monoisotopic (exact) mass is 577 g/mol. The van der Waals surface area contributed by atoms with Crippen LogP contribution in [0.5, 0.6) is 5.75 Å². The van der Waals surface area contributed by atoms with E-state index in [2.05, 4.69) is 5.32 Å². The van der Waals surface area contributed by atoms with Crippen LogP contribution in [-0.4, -0.2) is 51.4 Å². The lowest BCUT2D eigenvalue weighted by molar-refractivity contribution is -0.139. The van der Waals surface area contributed by atoms with Gasteiger partial charge >= 0.3 is 0 Å². The number of halogens is 2. The molecule has 38 heavy (non-hydrogen) atoms. The summed E-state index contributed by atoms with van der Waals surface area (Å²) >= 11 is 12.2. The van der Waals surface area contributed by atoms with E-state index in [4.69, 9.17) is 27.9 Å². The van der Waals surface area contributed by atoms with E-state index in [0.717, 1.165) is 4.31 Å². The normalized spacial score (nSPS) is 11.9. The van der Waals surface area contributed by atoms with Crippen molar-refractivity contribution in [2.75, 3.05) is 24.5 Å². The molecule has 2 amide bonds. The molecule has 1 unspecified atom stereocenters. The molecule has 0 saturated heterocycles. The number of hydrogen-bond donors (Lipinski definition) is 1. The number of rotatable bonds is 11. The van der Waals surface area contributed by atoms with Gasteiger partial charge in [0.25, 0.3) is 10.0 Å². The van der Waals surface area contributed by atoms with Crippen LogP contribution in [0.25, 0.3) is 0 Å². The van der Waals surface area contributed by atoms with Gasteiger partial charge in [0.1, 0.15) is 18.3 Å². The SMILES string of the molecule is CCOc1ccc(N(CC(=O)N(Cc2ccc(Cl)c(Cl)c2)C(C)C(=O)NC)S(=O)(=O)c2ccccc2)cc1. The van der Waals surface area contributed by atoms with Crippen molar-refractivity contribution in [3.05, 3.63) is 88.4 Å². The molecule has 8 nitrogen and oxygen atoms in total. The Morgan fingerprint density at radius 1 is 0.974 bits per heavy atom. The summed E-state index contributed by atoms with van der Waals surface area (Å²) in [5.74, 6) is -0.424. The second-order valence-corrected chi connectivity index (χ2v) is 11.0. The molecular weight excluding hydrogens is 549 g/mol. The summed E-state index contributed by atoms with van der Waals surface area (Å²) in [7, 11) is -2.67. The number of nitrogens with zero attached hydrogens (tertiary/aromatic N) is 2. The fourth-order valence-electron chi connectivity index (χ4n) is 3.75. The van der Waals surface area contributed by atoms with E-state index in [1.54, 1.807) is 67.6 Å². The highest BCUT2D eigenvalue weighted by molar-refractivity contribution is 7.92. The third-order valence-corrected chi connectivity index (χ3v) is 8.32. The minimum atomic E-state index is -4.14. The number of nitrogens with one attached hydrogen (secondary N) is 1. The van der Waals surface area contributed by atoms with E-state index >= 15 is 0 Å². The largest absolute Gasteiger partial charge is 0.494 e. The highest BCUT2D eigenvalue weighted by atomic mass is 35.5. The van der Waals surface area contributed by atoms with Gasteiger partial charge in [0.2, 0.25) is 11.8 Å². The predicted molar refractivity (Wildman–Crippen MR) is 149 cm³/mol. The van der Waals surface area contributed by atoms with E-state index in [1.165, 1.54) is 24.1 Å². The topological polar surface area (TPSA) is 96.0 Å². The van der Waals surface area contributed by atoms with E-state index in [0.29, 0.717) is 28.0 Å². The second kappa shape index (κ2) is 13.0. The Kier molecular flexibility index (Phi) is 10.0. The van der Waals surface area contributed by atoms with E-state index in [-0.39, 0.29) is 17.1 Å². The van der Waals surface area contributed by atoms with Crippen molar-refractivity contribution in [2.24, 2.45) is 0 Å². The molecule has 3 aromatic carbocycles. The molecule has 0 saturated carbocycles. The molecule has 0 aliphatic carbocycles. The van der Waals surface area contributed by atoms with Crippen LogP contribution in [-0.2, 0) is 26.2 Å². The van der Waals surface area contributed by atoms with Crippen LogP contribution in [0.3, 0.4) is 0 Å². The van der Waals surface area contributed by atoms with Crippen LogP contribution in [0.2, 0.25) is 10.0 Å². The molecule has 0 spiro atoms. The summed E-state index contributed by atoms with van der Waals surface area (Å²) in [5.41, 5.74) is 0.898. The average molecular weight is 579 g/mol. The maximum atomic E-state index is 13.7. The van der Waals surface area contributed by atoms with Crippen molar-refractivity contribution in [1.29, 1.82) is 0 Å². The summed E-state index contributed by atoms with van der Waals surface area (Å²) in [6.45, 7) is 3.32. The van der Waals surface area contributed by atoms with Crippen LogP contribution in [0.1, 0.15) is 19.4 Å². The number of carbonyl (C=O) groups excluding carboxylic acids is 2. The zero-order chi connectivity index (χ0) is 27.9. The molecule has 0 aliphatic rings. The molecule has 11 heteroatoms. The third-order valence-electron chi connectivity index (χ3n) is 5.80. The first-order valence-corrected chi connectivity index (χ1v) is 14.0. The molecule has 0 fully saturated rings. The highest BCUT2D eigenvalue weighted by Gasteiger charge is 2.32. The molecular formula is C27H29Cl2N3O5S. The average Bonchev–Trinajstić information content (AvgIpc) is 2.92. The fourth-order valence-corrected chi connectivity index (χ4v) is 5.51. The van der Waals surface area contributed by atoms with Gasteiger partial charge in [-0.15, -0.1) is 0 Å². The van der Waals surface area contributed by atoms with E-state index in [9.17, 15) is 18.0 Å². The van der Waals surface area contributed by atoms with Crippen molar-refractivity contribution in [3.8, 4) is 5.75 Å². The number of anilines is 1. The van der Waals surface area contributed by atoms with Gasteiger partial charge in [0.05, 0.1) is 27.2 Å². The molecule has 0 aromatic heterocycles. The lowest BCUT2D eigenvalue weighted by Crippen LogP contribution is -2.50. The minimum Gasteiger partial charge on any atom is -0.494 e. The van der Waals surface area contributed by atoms with Gasteiger partial charge in [-0.1, -0.05) is 47.5 Å². The van der Waals surface area contributed by atoms with Gasteiger partial charge < -0.3 is 15.0 Å². The Morgan fingerprint density at radius 2 is 1.63 bits per heavy atom. The van der Waals surface area contributed by atoms with E-state index in [1.807, 2.05) is 6.92 Å².